The maximum Gasteiger partial charge on any atom is 0.269 e. The van der Waals surface area contributed by atoms with Gasteiger partial charge in [0.25, 0.3) is 5.91 Å². The number of nitrogens with one attached hydrogen (secondary N) is 3. The third-order valence-electron chi connectivity index (χ3n) is 6.22. The summed E-state index contributed by atoms with van der Waals surface area (Å²) in [7, 11) is 0. The van der Waals surface area contributed by atoms with Crippen molar-refractivity contribution in [3.05, 3.63) is 47.2 Å². The Labute approximate surface area is 170 Å². The minimum absolute atomic E-state index is 0.0729. The molecule has 1 aromatic rings. The third kappa shape index (κ3) is 3.40. The number of ether oxygens (including phenoxy) is 1. The Hall–Kier alpha value is -2.80. The van der Waals surface area contributed by atoms with Crippen molar-refractivity contribution in [3.63, 3.8) is 0 Å². The lowest BCUT2D eigenvalue weighted by Gasteiger charge is -2.23. The monoisotopic (exact) mass is 394 g/mol. The number of anilines is 1. The number of hydrogen-bond donors (Lipinski definition) is 3. The smallest absolute Gasteiger partial charge is 0.269 e. The molecule has 4 rings (SSSR count). The molecule has 0 bridgehead atoms. The van der Waals surface area contributed by atoms with Crippen LogP contribution in [0.2, 0.25) is 0 Å². The van der Waals surface area contributed by atoms with Crippen LogP contribution in [-0.4, -0.2) is 41.3 Å². The van der Waals surface area contributed by atoms with E-state index in [0.717, 1.165) is 29.6 Å². The van der Waals surface area contributed by atoms with E-state index >= 15 is 0 Å². The van der Waals surface area contributed by atoms with Crippen LogP contribution in [0.4, 0.5) is 5.82 Å². The second kappa shape index (κ2) is 7.22. The zero-order valence-electron chi connectivity index (χ0n) is 16.8. The van der Waals surface area contributed by atoms with E-state index in [4.69, 9.17) is 10.1 Å². The third-order valence-corrected chi connectivity index (χ3v) is 6.22. The summed E-state index contributed by atoms with van der Waals surface area (Å²) in [5.74, 6) is 0.103. The fourth-order valence-corrected chi connectivity index (χ4v) is 4.54. The van der Waals surface area contributed by atoms with Gasteiger partial charge in [-0.2, -0.15) is 0 Å². The number of allylic oxidation sites excluding steroid dienone is 3. The molecule has 2 atom stereocenters. The van der Waals surface area contributed by atoms with Crippen molar-refractivity contribution in [2.75, 3.05) is 18.5 Å². The van der Waals surface area contributed by atoms with Crippen LogP contribution >= 0.6 is 0 Å². The van der Waals surface area contributed by atoms with E-state index in [9.17, 15) is 9.59 Å². The summed E-state index contributed by atoms with van der Waals surface area (Å²) in [6, 6.07) is 3.76. The van der Waals surface area contributed by atoms with Crippen molar-refractivity contribution >= 4 is 23.3 Å². The van der Waals surface area contributed by atoms with Gasteiger partial charge in [0, 0.05) is 24.9 Å². The minimum Gasteiger partial charge on any atom is -0.373 e. The van der Waals surface area contributed by atoms with Crippen molar-refractivity contribution in [1.82, 2.24) is 10.3 Å². The van der Waals surface area contributed by atoms with Crippen molar-refractivity contribution in [1.29, 1.82) is 5.41 Å². The summed E-state index contributed by atoms with van der Waals surface area (Å²) in [6.45, 7) is 4.99. The van der Waals surface area contributed by atoms with Crippen LogP contribution in [0.15, 0.2) is 41.6 Å². The quantitative estimate of drug-likeness (QED) is 0.683. The van der Waals surface area contributed by atoms with Gasteiger partial charge in [0.05, 0.1) is 11.0 Å². The van der Waals surface area contributed by atoms with E-state index < -0.39 is 11.3 Å². The number of hydrogen-bond acceptors (Lipinski definition) is 5. The number of fused-ring (bicyclic) bond motifs is 2. The zero-order valence-corrected chi connectivity index (χ0v) is 16.8. The highest BCUT2D eigenvalue weighted by Gasteiger charge is 2.52. The molecule has 1 aliphatic carbocycles. The summed E-state index contributed by atoms with van der Waals surface area (Å²) in [5, 5.41) is 13.9. The summed E-state index contributed by atoms with van der Waals surface area (Å²) < 4.78 is 5.69. The van der Waals surface area contributed by atoms with E-state index in [1.165, 1.54) is 0 Å². The van der Waals surface area contributed by atoms with Gasteiger partial charge in [-0.05, 0) is 62.8 Å². The highest BCUT2D eigenvalue weighted by atomic mass is 16.5. The molecule has 2 amide bonds. The number of pyridine rings is 1. The molecule has 152 valence electrons. The molecule has 7 nitrogen and oxygen atoms in total. The molecule has 0 radical (unpaired) electrons. The van der Waals surface area contributed by atoms with Gasteiger partial charge in [-0.25, -0.2) is 4.98 Å². The summed E-state index contributed by atoms with van der Waals surface area (Å²) in [5.41, 5.74) is 1.55. The molecule has 3 aliphatic rings. The minimum atomic E-state index is -0.709. The first-order valence-corrected chi connectivity index (χ1v) is 10.0. The van der Waals surface area contributed by atoms with Crippen LogP contribution < -0.4 is 10.6 Å². The van der Waals surface area contributed by atoms with E-state index in [1.54, 1.807) is 12.3 Å². The molecule has 2 aliphatic heterocycles. The van der Waals surface area contributed by atoms with Gasteiger partial charge in [-0.15, -0.1) is 0 Å². The second-order valence-corrected chi connectivity index (χ2v) is 8.27. The number of aromatic nitrogens is 1. The zero-order chi connectivity index (χ0) is 20.6. The fourth-order valence-electron chi connectivity index (χ4n) is 4.54. The molecule has 1 saturated heterocycles. The number of rotatable bonds is 4. The predicted octanol–water partition coefficient (Wildman–Crippen LogP) is 2.64. The number of amides is 2. The Morgan fingerprint density at radius 2 is 2.21 bits per heavy atom. The average molecular weight is 394 g/mol. The van der Waals surface area contributed by atoms with Gasteiger partial charge in [0.2, 0.25) is 5.91 Å². The standard InChI is InChI=1S/C22H26N4O3/c1-3-14-11-22(16-6-4-8-24-18(16)26-20(22)28)12-15(14)10-17(23)19(27)25-13-21(2)7-5-9-29-21/h3-4,6,8,10,23H,5,7,9,11-13H2,1-2H3,(H,25,27)(H,24,26,28)/b14-3-,15-10-,23-17?. The van der Waals surface area contributed by atoms with Crippen LogP contribution in [0.5, 0.6) is 0 Å². The topological polar surface area (TPSA) is 104 Å². The first kappa shape index (κ1) is 19.5. The van der Waals surface area contributed by atoms with E-state index in [-0.39, 0.29) is 17.2 Å². The maximum absolute atomic E-state index is 12.8. The Kier molecular flexibility index (Phi) is 4.86. The van der Waals surface area contributed by atoms with Crippen LogP contribution in [0.25, 0.3) is 0 Å². The van der Waals surface area contributed by atoms with Crippen LogP contribution in [0, 0.1) is 5.41 Å². The highest BCUT2D eigenvalue weighted by Crippen LogP contribution is 2.52. The first-order valence-electron chi connectivity index (χ1n) is 10.0. The SMILES string of the molecule is C/C=C1/CC2(C/C1=C/C(=N)C(=O)NCC1(C)CCCO1)C(=O)Nc1ncccc12. The van der Waals surface area contributed by atoms with Gasteiger partial charge >= 0.3 is 0 Å². The second-order valence-electron chi connectivity index (χ2n) is 8.27. The van der Waals surface area contributed by atoms with Gasteiger partial charge in [0.15, 0.2) is 0 Å². The molecular formula is C22H26N4O3. The van der Waals surface area contributed by atoms with E-state index in [2.05, 4.69) is 15.6 Å². The van der Waals surface area contributed by atoms with Gasteiger partial charge in [-0.3, -0.25) is 15.0 Å². The van der Waals surface area contributed by atoms with Crippen molar-refractivity contribution in [3.8, 4) is 0 Å². The lowest BCUT2D eigenvalue weighted by Crippen LogP contribution is -2.42. The lowest BCUT2D eigenvalue weighted by molar-refractivity contribution is -0.120. The number of carbonyl (C=O) groups excluding carboxylic acids is 2. The fraction of sp³-hybridized carbons (Fsp3) is 0.455. The first-order chi connectivity index (χ1) is 13.9. The summed E-state index contributed by atoms with van der Waals surface area (Å²) >= 11 is 0. The van der Waals surface area contributed by atoms with Crippen LogP contribution in [0.1, 0.15) is 45.1 Å². The molecule has 2 fully saturated rings. The average Bonchev–Trinajstić information content (AvgIpc) is 3.38. The Balaban J connectivity index is 1.52. The highest BCUT2D eigenvalue weighted by molar-refractivity contribution is 6.42. The number of nitrogens with zero attached hydrogens (tertiary/aromatic N) is 1. The Morgan fingerprint density at radius 3 is 2.93 bits per heavy atom. The lowest BCUT2D eigenvalue weighted by atomic mass is 9.80. The molecule has 7 heteroatoms. The maximum atomic E-state index is 12.8. The molecule has 0 aromatic carbocycles. The van der Waals surface area contributed by atoms with E-state index in [0.29, 0.717) is 31.8 Å². The Bertz CT molecular complexity index is 943. The normalized spacial score (nSPS) is 30.8. The van der Waals surface area contributed by atoms with E-state index in [1.807, 2.05) is 32.1 Å². The molecule has 3 heterocycles. The predicted molar refractivity (Wildman–Crippen MR) is 110 cm³/mol. The molecule has 1 saturated carbocycles. The Morgan fingerprint density at radius 1 is 1.41 bits per heavy atom. The summed E-state index contributed by atoms with van der Waals surface area (Å²) in [4.78, 5) is 29.5. The summed E-state index contributed by atoms with van der Waals surface area (Å²) in [6.07, 6.45) is 8.09. The van der Waals surface area contributed by atoms with Gasteiger partial charge < -0.3 is 15.4 Å². The molecule has 29 heavy (non-hydrogen) atoms. The molecule has 2 unspecified atom stereocenters. The van der Waals surface area contributed by atoms with Gasteiger partial charge in [0.1, 0.15) is 11.5 Å². The molecular weight excluding hydrogens is 368 g/mol. The number of carbonyl (C=O) groups is 2. The largest absolute Gasteiger partial charge is 0.373 e. The van der Waals surface area contributed by atoms with Crippen molar-refractivity contribution in [2.45, 2.75) is 50.5 Å². The van der Waals surface area contributed by atoms with Crippen molar-refractivity contribution in [2.24, 2.45) is 0 Å². The molecule has 1 aromatic heterocycles. The van der Waals surface area contributed by atoms with Crippen LogP contribution in [0.3, 0.4) is 0 Å². The molecule has 1 spiro atoms. The van der Waals surface area contributed by atoms with Gasteiger partial charge in [-0.1, -0.05) is 12.1 Å². The van der Waals surface area contributed by atoms with Crippen LogP contribution in [-0.2, 0) is 19.7 Å². The van der Waals surface area contributed by atoms with Crippen molar-refractivity contribution < 1.29 is 14.3 Å². The molecule has 3 N–H and O–H groups in total.